The molecule has 31 heavy (non-hydrogen) atoms. The van der Waals surface area contributed by atoms with Crippen LogP contribution in [0.2, 0.25) is 0 Å². The van der Waals surface area contributed by atoms with Crippen LogP contribution in [0, 0.1) is 0 Å². The van der Waals surface area contributed by atoms with Gasteiger partial charge < -0.3 is 60.8 Å². The summed E-state index contributed by atoms with van der Waals surface area (Å²) in [6.07, 6.45) is -9.95. The number of hydrogen-bond donors (Lipinski definition) is 8. The predicted octanol–water partition coefficient (Wildman–Crippen LogP) is -5.17. The molecule has 0 spiro atoms. The Kier molecular flexibility index (Phi) is 9.08. The van der Waals surface area contributed by atoms with E-state index in [-0.39, 0.29) is 6.42 Å². The molecule has 2 aliphatic rings. The van der Waals surface area contributed by atoms with Gasteiger partial charge in [0, 0.05) is 20.5 Å². The molecule has 2 rings (SSSR count). The summed E-state index contributed by atoms with van der Waals surface area (Å²) in [5, 5.41) is 55.5. The van der Waals surface area contributed by atoms with E-state index in [1.807, 2.05) is 0 Å². The zero-order valence-corrected chi connectivity index (χ0v) is 17.2. The van der Waals surface area contributed by atoms with Crippen LogP contribution in [0.4, 0.5) is 0 Å². The predicted molar refractivity (Wildman–Crippen MR) is 99.8 cm³/mol. The minimum atomic E-state index is -2.35. The highest BCUT2D eigenvalue weighted by atomic mass is 16.8. The van der Waals surface area contributed by atoms with Crippen molar-refractivity contribution in [1.29, 1.82) is 0 Å². The first-order chi connectivity index (χ1) is 14.6. The van der Waals surface area contributed by atoms with Crippen LogP contribution in [-0.4, -0.2) is 119 Å². The highest BCUT2D eigenvalue weighted by molar-refractivity contribution is 5.78. The molecule has 9 N–H and O–H groups in total. The molecule has 14 heteroatoms. The Bertz CT molecular complexity index is 626. The van der Waals surface area contributed by atoms with Crippen LogP contribution in [0.15, 0.2) is 0 Å². The van der Waals surface area contributed by atoms with Crippen molar-refractivity contribution in [3.63, 3.8) is 0 Å². The van der Waals surface area contributed by atoms with Crippen molar-refractivity contribution in [3.05, 3.63) is 0 Å². The number of carbonyl (C=O) groups is 2. The Labute approximate surface area is 178 Å². The van der Waals surface area contributed by atoms with Gasteiger partial charge in [0.2, 0.25) is 11.8 Å². The lowest BCUT2D eigenvalue weighted by atomic mass is 9.95. The molecule has 2 aliphatic heterocycles. The zero-order valence-electron chi connectivity index (χ0n) is 17.2. The topological polar surface area (TPSA) is 222 Å². The summed E-state index contributed by atoms with van der Waals surface area (Å²) in [6.45, 7) is -0.652. The summed E-state index contributed by atoms with van der Waals surface area (Å²) in [6, 6.07) is -1.14. The second kappa shape index (κ2) is 10.9. The Morgan fingerprint density at radius 1 is 1.19 bits per heavy atom. The quantitative estimate of drug-likeness (QED) is 0.162. The molecule has 2 amide bonds. The van der Waals surface area contributed by atoms with Crippen LogP contribution in [0.1, 0.15) is 13.3 Å². The summed E-state index contributed by atoms with van der Waals surface area (Å²) in [4.78, 5) is 23.6. The van der Waals surface area contributed by atoms with E-state index < -0.39 is 86.4 Å². The van der Waals surface area contributed by atoms with Gasteiger partial charge in [-0.1, -0.05) is 0 Å². The number of ether oxygens (including phenoxy) is 4. The molecule has 0 aromatic rings. The number of amides is 2. The van der Waals surface area contributed by atoms with E-state index in [0.717, 1.165) is 0 Å². The summed E-state index contributed by atoms with van der Waals surface area (Å²) < 4.78 is 22.0. The molecule has 2 fully saturated rings. The highest BCUT2D eigenvalue weighted by Gasteiger charge is 2.56. The van der Waals surface area contributed by atoms with Crippen molar-refractivity contribution in [3.8, 4) is 0 Å². The van der Waals surface area contributed by atoms with E-state index in [1.165, 1.54) is 14.0 Å². The van der Waals surface area contributed by atoms with Gasteiger partial charge in [0.1, 0.15) is 36.6 Å². The van der Waals surface area contributed by atoms with E-state index in [9.17, 15) is 35.1 Å². The molecule has 9 atom stereocenters. The van der Waals surface area contributed by atoms with Crippen molar-refractivity contribution in [1.82, 2.24) is 10.6 Å². The van der Waals surface area contributed by atoms with Gasteiger partial charge in [0.15, 0.2) is 6.29 Å². The SMILES string of the molecule is CO[C@@H]1O[C@H](CO)[C@@H](O[C@]2(NC(=O)CN)O[C@H](CO)[C@H](O)C[C@H]2O)[C@H](O)[C@H]1NC(C)=O. The van der Waals surface area contributed by atoms with Crippen molar-refractivity contribution in [2.45, 2.75) is 68.2 Å². The number of rotatable bonds is 8. The van der Waals surface area contributed by atoms with Crippen molar-refractivity contribution >= 4 is 11.8 Å². The molecule has 0 bridgehead atoms. The van der Waals surface area contributed by atoms with E-state index >= 15 is 0 Å². The number of hydrogen-bond acceptors (Lipinski definition) is 12. The van der Waals surface area contributed by atoms with E-state index in [2.05, 4.69) is 10.6 Å². The third kappa shape index (κ3) is 5.67. The zero-order chi connectivity index (χ0) is 23.3. The van der Waals surface area contributed by atoms with Gasteiger partial charge in [-0.3, -0.25) is 9.59 Å². The molecule has 0 aliphatic carbocycles. The van der Waals surface area contributed by atoms with Crippen LogP contribution in [-0.2, 0) is 28.5 Å². The smallest absolute Gasteiger partial charge is 0.279 e. The number of nitrogens with two attached hydrogens (primary N) is 1. The number of aliphatic hydroxyl groups is 5. The molecule has 2 heterocycles. The fourth-order valence-corrected chi connectivity index (χ4v) is 3.58. The van der Waals surface area contributed by atoms with Crippen LogP contribution in [0.25, 0.3) is 0 Å². The standard InChI is InChI=1S/C17H31N3O11/c1-7(23)19-13-14(27)15(10(6-22)29-16(13)28-2)31-17(20-12(26)4-18)11(25)3-8(24)9(5-21)30-17/h8-11,13-16,21-22,24-25,27H,3-6,18H2,1-2H3,(H,19,23)(H,20,26)/t8-,9-,10-,11-,13-,14-,15-,16-,17-/m1/s1. The Morgan fingerprint density at radius 2 is 1.84 bits per heavy atom. The first kappa shape index (κ1) is 25.8. The Morgan fingerprint density at radius 3 is 2.35 bits per heavy atom. The molecule has 0 radical (unpaired) electrons. The first-order valence-electron chi connectivity index (χ1n) is 9.70. The van der Waals surface area contributed by atoms with Gasteiger partial charge in [-0.2, -0.15) is 0 Å². The van der Waals surface area contributed by atoms with Crippen molar-refractivity contribution in [2.75, 3.05) is 26.9 Å². The summed E-state index contributed by atoms with van der Waals surface area (Å²) >= 11 is 0. The summed E-state index contributed by atoms with van der Waals surface area (Å²) in [5.74, 6) is -3.68. The molecule has 0 aromatic carbocycles. The molecule has 14 nitrogen and oxygen atoms in total. The van der Waals surface area contributed by atoms with E-state index in [0.29, 0.717) is 0 Å². The number of aliphatic hydroxyl groups excluding tert-OH is 5. The van der Waals surface area contributed by atoms with Crippen LogP contribution in [0.3, 0.4) is 0 Å². The number of carbonyl (C=O) groups excluding carboxylic acids is 2. The maximum absolute atomic E-state index is 12.0. The maximum atomic E-state index is 12.0. The minimum Gasteiger partial charge on any atom is -0.394 e. The fourth-order valence-electron chi connectivity index (χ4n) is 3.58. The summed E-state index contributed by atoms with van der Waals surface area (Å²) in [7, 11) is 1.27. The van der Waals surface area contributed by atoms with Crippen LogP contribution in [0.5, 0.6) is 0 Å². The molecule has 0 saturated carbocycles. The van der Waals surface area contributed by atoms with Gasteiger partial charge in [0.25, 0.3) is 5.91 Å². The van der Waals surface area contributed by atoms with Gasteiger partial charge >= 0.3 is 0 Å². The van der Waals surface area contributed by atoms with Crippen LogP contribution >= 0.6 is 0 Å². The summed E-state index contributed by atoms with van der Waals surface area (Å²) in [5.41, 5.74) is 5.33. The lowest BCUT2D eigenvalue weighted by Gasteiger charge is -2.50. The average molecular weight is 453 g/mol. The monoisotopic (exact) mass is 453 g/mol. The normalized spacial score (nSPS) is 40.9. The molecular formula is C17H31N3O11. The minimum absolute atomic E-state index is 0.362. The third-order valence-electron chi connectivity index (χ3n) is 5.10. The third-order valence-corrected chi connectivity index (χ3v) is 5.10. The van der Waals surface area contributed by atoms with Crippen LogP contribution < -0.4 is 16.4 Å². The van der Waals surface area contributed by atoms with E-state index in [1.54, 1.807) is 0 Å². The van der Waals surface area contributed by atoms with Gasteiger partial charge in [-0.25, -0.2) is 0 Å². The lowest BCUT2D eigenvalue weighted by Crippen LogP contribution is -2.72. The number of nitrogens with one attached hydrogen (secondary N) is 2. The van der Waals surface area contributed by atoms with Gasteiger partial charge in [0.05, 0.1) is 25.9 Å². The molecule has 2 saturated heterocycles. The highest BCUT2D eigenvalue weighted by Crippen LogP contribution is 2.34. The van der Waals surface area contributed by atoms with E-state index in [4.69, 9.17) is 24.7 Å². The largest absolute Gasteiger partial charge is 0.394 e. The Balaban J connectivity index is 2.40. The maximum Gasteiger partial charge on any atom is 0.279 e. The average Bonchev–Trinajstić information content (AvgIpc) is 2.73. The van der Waals surface area contributed by atoms with Crippen molar-refractivity contribution in [2.24, 2.45) is 5.73 Å². The Hall–Kier alpha value is -1.46. The van der Waals surface area contributed by atoms with Gasteiger partial charge in [-0.05, 0) is 0 Å². The second-order valence-electron chi connectivity index (χ2n) is 7.34. The molecular weight excluding hydrogens is 422 g/mol. The number of methoxy groups -OCH3 is 1. The molecule has 180 valence electrons. The van der Waals surface area contributed by atoms with Crippen molar-refractivity contribution < 1.29 is 54.1 Å². The first-order valence-corrected chi connectivity index (χ1v) is 9.70. The molecule has 0 unspecified atom stereocenters. The lowest BCUT2D eigenvalue weighted by molar-refractivity contribution is -0.391. The molecule has 0 aromatic heterocycles. The van der Waals surface area contributed by atoms with Gasteiger partial charge in [-0.15, -0.1) is 0 Å². The second-order valence-corrected chi connectivity index (χ2v) is 7.34. The fraction of sp³-hybridized carbons (Fsp3) is 0.882.